The van der Waals surface area contributed by atoms with Crippen molar-refractivity contribution in [3.05, 3.63) is 41.5 Å². The number of nitriles is 1. The van der Waals surface area contributed by atoms with Crippen molar-refractivity contribution in [2.24, 2.45) is 7.05 Å². The zero-order chi connectivity index (χ0) is 13.1. The molecule has 1 aromatic heterocycles. The fourth-order valence-corrected chi connectivity index (χ4v) is 1.79. The molecule has 1 aromatic carbocycles. The SMILES string of the molecule is CCc1nn(C)cc1Nc1cccc(F)c1C#N. The van der Waals surface area contributed by atoms with Crippen molar-refractivity contribution in [2.45, 2.75) is 13.3 Å². The summed E-state index contributed by atoms with van der Waals surface area (Å²) < 4.78 is 15.1. The van der Waals surface area contributed by atoms with Crippen molar-refractivity contribution in [1.29, 1.82) is 5.26 Å². The second-order valence-corrected chi connectivity index (χ2v) is 3.92. The molecule has 0 atom stereocenters. The number of rotatable bonds is 3. The molecule has 0 radical (unpaired) electrons. The maximum absolute atomic E-state index is 13.5. The highest BCUT2D eigenvalue weighted by molar-refractivity contribution is 5.67. The number of anilines is 2. The molecule has 18 heavy (non-hydrogen) atoms. The van der Waals surface area contributed by atoms with Crippen LogP contribution in [0.25, 0.3) is 0 Å². The van der Waals surface area contributed by atoms with Gasteiger partial charge >= 0.3 is 0 Å². The predicted octanol–water partition coefficient (Wildman–Crippen LogP) is 2.74. The van der Waals surface area contributed by atoms with E-state index in [2.05, 4.69) is 10.4 Å². The minimum atomic E-state index is -0.524. The average Bonchev–Trinajstić information content (AvgIpc) is 2.70. The van der Waals surface area contributed by atoms with Gasteiger partial charge in [-0.05, 0) is 18.6 Å². The Kier molecular flexibility index (Phi) is 3.28. The van der Waals surface area contributed by atoms with Crippen LogP contribution in [-0.2, 0) is 13.5 Å². The summed E-state index contributed by atoms with van der Waals surface area (Å²) in [5.41, 5.74) is 2.15. The van der Waals surface area contributed by atoms with Gasteiger partial charge in [0.1, 0.15) is 17.4 Å². The molecule has 0 fully saturated rings. The molecule has 0 unspecified atom stereocenters. The van der Waals surface area contributed by atoms with E-state index in [1.807, 2.05) is 26.2 Å². The molecule has 1 N–H and O–H groups in total. The lowest BCUT2D eigenvalue weighted by Gasteiger charge is -2.07. The van der Waals surface area contributed by atoms with E-state index in [4.69, 9.17) is 5.26 Å². The number of aromatic nitrogens is 2. The number of nitrogens with one attached hydrogen (secondary N) is 1. The molecule has 0 spiro atoms. The van der Waals surface area contributed by atoms with Crippen LogP contribution in [0.15, 0.2) is 24.4 Å². The molecule has 4 nitrogen and oxygen atoms in total. The maximum atomic E-state index is 13.5. The van der Waals surface area contributed by atoms with Gasteiger partial charge in [0.15, 0.2) is 0 Å². The van der Waals surface area contributed by atoms with Gasteiger partial charge in [0, 0.05) is 13.2 Å². The number of nitrogens with zero attached hydrogens (tertiary/aromatic N) is 3. The van der Waals surface area contributed by atoms with E-state index in [1.54, 1.807) is 16.8 Å². The molecule has 0 saturated heterocycles. The Hall–Kier alpha value is -2.35. The Balaban J connectivity index is 2.40. The lowest BCUT2D eigenvalue weighted by atomic mass is 10.1. The van der Waals surface area contributed by atoms with Crippen molar-refractivity contribution in [1.82, 2.24) is 9.78 Å². The average molecular weight is 244 g/mol. The molecular formula is C13H13FN4. The normalized spacial score (nSPS) is 10.1. The smallest absolute Gasteiger partial charge is 0.143 e. The van der Waals surface area contributed by atoms with E-state index in [0.29, 0.717) is 5.69 Å². The summed E-state index contributed by atoms with van der Waals surface area (Å²) >= 11 is 0. The Morgan fingerprint density at radius 3 is 2.89 bits per heavy atom. The highest BCUT2D eigenvalue weighted by atomic mass is 19.1. The topological polar surface area (TPSA) is 53.6 Å². The van der Waals surface area contributed by atoms with E-state index >= 15 is 0 Å². The van der Waals surface area contributed by atoms with Crippen LogP contribution in [0.3, 0.4) is 0 Å². The van der Waals surface area contributed by atoms with Gasteiger partial charge in [0.25, 0.3) is 0 Å². The molecule has 0 bridgehead atoms. The largest absolute Gasteiger partial charge is 0.352 e. The van der Waals surface area contributed by atoms with Crippen LogP contribution in [0.4, 0.5) is 15.8 Å². The highest BCUT2D eigenvalue weighted by Gasteiger charge is 2.11. The standard InChI is InChI=1S/C13H13FN4/c1-3-11-13(8-18(2)17-11)16-12-6-4-5-10(14)9(12)7-15/h4-6,8,16H,3H2,1-2H3. The fourth-order valence-electron chi connectivity index (χ4n) is 1.79. The van der Waals surface area contributed by atoms with Gasteiger partial charge in [0.05, 0.1) is 17.1 Å². The lowest BCUT2D eigenvalue weighted by molar-refractivity contribution is 0.624. The van der Waals surface area contributed by atoms with E-state index in [-0.39, 0.29) is 5.56 Å². The van der Waals surface area contributed by atoms with Crippen LogP contribution >= 0.6 is 0 Å². The minimum Gasteiger partial charge on any atom is -0.352 e. The maximum Gasteiger partial charge on any atom is 0.143 e. The Morgan fingerprint density at radius 2 is 2.22 bits per heavy atom. The van der Waals surface area contributed by atoms with Crippen molar-refractivity contribution in [2.75, 3.05) is 5.32 Å². The van der Waals surface area contributed by atoms with Crippen LogP contribution in [0.5, 0.6) is 0 Å². The van der Waals surface area contributed by atoms with Gasteiger partial charge in [-0.15, -0.1) is 0 Å². The van der Waals surface area contributed by atoms with Gasteiger partial charge in [-0.3, -0.25) is 4.68 Å². The molecule has 0 aliphatic rings. The number of hydrogen-bond donors (Lipinski definition) is 1. The van der Waals surface area contributed by atoms with Crippen molar-refractivity contribution in [3.8, 4) is 6.07 Å². The molecular weight excluding hydrogens is 231 g/mol. The third-order valence-corrected chi connectivity index (χ3v) is 2.63. The molecule has 2 aromatic rings. The zero-order valence-electron chi connectivity index (χ0n) is 10.2. The van der Waals surface area contributed by atoms with Crippen LogP contribution in [0, 0.1) is 17.1 Å². The molecule has 0 aliphatic carbocycles. The third-order valence-electron chi connectivity index (χ3n) is 2.63. The van der Waals surface area contributed by atoms with Crippen molar-refractivity contribution < 1.29 is 4.39 Å². The Labute approximate surface area is 105 Å². The molecule has 0 aliphatic heterocycles. The van der Waals surface area contributed by atoms with Gasteiger partial charge in [-0.2, -0.15) is 10.4 Å². The summed E-state index contributed by atoms with van der Waals surface area (Å²) in [5.74, 6) is -0.524. The summed E-state index contributed by atoms with van der Waals surface area (Å²) in [6, 6.07) is 6.38. The zero-order valence-corrected chi connectivity index (χ0v) is 10.2. The van der Waals surface area contributed by atoms with E-state index in [9.17, 15) is 4.39 Å². The molecule has 0 saturated carbocycles. The summed E-state index contributed by atoms with van der Waals surface area (Å²) in [7, 11) is 1.82. The highest BCUT2D eigenvalue weighted by Crippen LogP contribution is 2.24. The molecule has 92 valence electrons. The quantitative estimate of drug-likeness (QED) is 0.903. The van der Waals surface area contributed by atoms with Crippen LogP contribution < -0.4 is 5.32 Å². The predicted molar refractivity (Wildman–Crippen MR) is 67.0 cm³/mol. The third kappa shape index (κ3) is 2.18. The van der Waals surface area contributed by atoms with Crippen molar-refractivity contribution >= 4 is 11.4 Å². The summed E-state index contributed by atoms with van der Waals surface area (Å²) in [4.78, 5) is 0. The van der Waals surface area contributed by atoms with E-state index in [1.165, 1.54) is 6.07 Å². The second-order valence-electron chi connectivity index (χ2n) is 3.92. The molecule has 2 rings (SSSR count). The lowest BCUT2D eigenvalue weighted by Crippen LogP contribution is -1.97. The second kappa shape index (κ2) is 4.88. The molecule has 1 heterocycles. The first kappa shape index (κ1) is 12.1. The molecule has 0 amide bonds. The minimum absolute atomic E-state index is 0.0170. The number of aryl methyl sites for hydroxylation is 2. The van der Waals surface area contributed by atoms with Crippen LogP contribution in [0.2, 0.25) is 0 Å². The van der Waals surface area contributed by atoms with Crippen LogP contribution in [0.1, 0.15) is 18.2 Å². The fraction of sp³-hybridized carbons (Fsp3) is 0.231. The van der Waals surface area contributed by atoms with Gasteiger partial charge < -0.3 is 5.32 Å². The van der Waals surface area contributed by atoms with E-state index < -0.39 is 5.82 Å². The summed E-state index contributed by atoms with van der Waals surface area (Å²) in [6.07, 6.45) is 2.57. The number of benzene rings is 1. The van der Waals surface area contributed by atoms with Gasteiger partial charge in [-0.25, -0.2) is 4.39 Å². The Morgan fingerprint density at radius 1 is 1.44 bits per heavy atom. The first-order chi connectivity index (χ1) is 8.65. The van der Waals surface area contributed by atoms with Crippen molar-refractivity contribution in [3.63, 3.8) is 0 Å². The number of halogens is 1. The monoisotopic (exact) mass is 244 g/mol. The van der Waals surface area contributed by atoms with E-state index in [0.717, 1.165) is 17.8 Å². The first-order valence-corrected chi connectivity index (χ1v) is 5.63. The van der Waals surface area contributed by atoms with Gasteiger partial charge in [0.2, 0.25) is 0 Å². The van der Waals surface area contributed by atoms with Gasteiger partial charge in [-0.1, -0.05) is 13.0 Å². The Bertz CT molecular complexity index is 610. The summed E-state index contributed by atoms with van der Waals surface area (Å²) in [6.45, 7) is 1.99. The summed E-state index contributed by atoms with van der Waals surface area (Å²) in [5, 5.41) is 16.3. The number of hydrogen-bond acceptors (Lipinski definition) is 3. The molecule has 5 heteroatoms. The van der Waals surface area contributed by atoms with Crippen LogP contribution in [-0.4, -0.2) is 9.78 Å². The first-order valence-electron chi connectivity index (χ1n) is 5.63.